The zero-order chi connectivity index (χ0) is 15.1. The Hall–Kier alpha value is -1.94. The van der Waals surface area contributed by atoms with E-state index in [1.807, 2.05) is 49.6 Å². The number of para-hydroxylation sites is 1. The summed E-state index contributed by atoms with van der Waals surface area (Å²) in [4.78, 5) is 5.56. The van der Waals surface area contributed by atoms with Crippen LogP contribution in [0.5, 0.6) is 11.5 Å². The second-order valence-corrected chi connectivity index (χ2v) is 5.35. The third-order valence-electron chi connectivity index (χ3n) is 2.90. The van der Waals surface area contributed by atoms with Crippen LogP contribution < -0.4 is 4.74 Å². The fraction of sp³-hybridized carbons (Fsp3) is 0.235. The molecule has 0 saturated heterocycles. The summed E-state index contributed by atoms with van der Waals surface area (Å²) in [6.07, 6.45) is 4.63. The highest BCUT2D eigenvalue weighted by Gasteiger charge is 2.02. The van der Waals surface area contributed by atoms with Gasteiger partial charge in [0.05, 0.1) is 12.3 Å². The highest BCUT2D eigenvalue weighted by molar-refractivity contribution is 7.98. The lowest BCUT2D eigenvalue weighted by atomic mass is 10.2. The second-order valence-electron chi connectivity index (χ2n) is 4.50. The lowest BCUT2D eigenvalue weighted by molar-refractivity contribution is 0.315. The molecule has 2 aromatic rings. The number of nitrogens with zero attached hydrogens (tertiary/aromatic N) is 1. The summed E-state index contributed by atoms with van der Waals surface area (Å²) in [6.45, 7) is 2.69. The smallest absolute Gasteiger partial charge is 0.128 e. The summed E-state index contributed by atoms with van der Waals surface area (Å²) in [6, 6.07) is 13.2. The van der Waals surface area contributed by atoms with Crippen LogP contribution >= 0.6 is 11.8 Å². The largest absolute Gasteiger partial charge is 0.507 e. The van der Waals surface area contributed by atoms with E-state index in [0.717, 1.165) is 17.0 Å². The lowest BCUT2D eigenvalue weighted by Gasteiger charge is -2.06. The average Bonchev–Trinajstić information content (AvgIpc) is 2.52. The molecule has 1 N–H and O–H groups in total. The van der Waals surface area contributed by atoms with Crippen molar-refractivity contribution < 1.29 is 9.84 Å². The number of aromatic hydroxyl groups is 1. The van der Waals surface area contributed by atoms with Crippen LogP contribution in [-0.2, 0) is 0 Å². The van der Waals surface area contributed by atoms with Crippen molar-refractivity contribution in [2.45, 2.75) is 18.2 Å². The van der Waals surface area contributed by atoms with Gasteiger partial charge in [0.15, 0.2) is 0 Å². The predicted octanol–water partition coefficient (Wildman–Crippen LogP) is 4.65. The number of phenols is 1. The Morgan fingerprint density at radius 3 is 2.76 bits per heavy atom. The van der Waals surface area contributed by atoms with Gasteiger partial charge in [-0.25, -0.2) is 0 Å². The number of benzene rings is 2. The van der Waals surface area contributed by atoms with E-state index in [2.05, 4.69) is 4.99 Å². The number of phenolic OH excluding ortho intramolecular Hbond substituents is 1. The van der Waals surface area contributed by atoms with Crippen molar-refractivity contribution in [1.29, 1.82) is 0 Å². The summed E-state index contributed by atoms with van der Waals surface area (Å²) in [5.74, 6) is 0.852. The SMILES string of the molecule is CCCOc1ccc(C=Nc2ccccc2SC)c(O)c1. The maximum atomic E-state index is 10.0. The first-order valence-corrected chi connectivity index (χ1v) is 8.10. The molecule has 0 saturated carbocycles. The molecule has 4 heteroatoms. The van der Waals surface area contributed by atoms with Crippen molar-refractivity contribution in [2.75, 3.05) is 12.9 Å². The molecule has 0 heterocycles. The van der Waals surface area contributed by atoms with Gasteiger partial charge in [0.1, 0.15) is 11.5 Å². The van der Waals surface area contributed by atoms with E-state index in [1.54, 1.807) is 24.0 Å². The summed E-state index contributed by atoms with van der Waals surface area (Å²) in [5, 5.41) is 10.0. The third-order valence-corrected chi connectivity index (χ3v) is 3.69. The fourth-order valence-corrected chi connectivity index (χ4v) is 2.36. The standard InChI is InChI=1S/C17H19NO2S/c1-3-10-20-14-9-8-13(16(19)11-14)12-18-15-6-4-5-7-17(15)21-2/h4-9,11-12,19H,3,10H2,1-2H3. The third kappa shape index (κ3) is 4.26. The molecule has 0 amide bonds. The minimum Gasteiger partial charge on any atom is -0.507 e. The molecular formula is C17H19NO2S. The van der Waals surface area contributed by atoms with Crippen LogP contribution in [-0.4, -0.2) is 24.2 Å². The van der Waals surface area contributed by atoms with Crippen LogP contribution in [0.1, 0.15) is 18.9 Å². The minimum absolute atomic E-state index is 0.175. The molecule has 0 spiro atoms. The van der Waals surface area contributed by atoms with Crippen molar-refractivity contribution in [3.8, 4) is 11.5 Å². The molecule has 0 aliphatic heterocycles. The van der Waals surface area contributed by atoms with Crippen LogP contribution in [0.15, 0.2) is 52.4 Å². The van der Waals surface area contributed by atoms with Crippen molar-refractivity contribution in [2.24, 2.45) is 4.99 Å². The molecule has 0 radical (unpaired) electrons. The van der Waals surface area contributed by atoms with Gasteiger partial charge in [0.25, 0.3) is 0 Å². The first-order chi connectivity index (χ1) is 10.2. The normalized spacial score (nSPS) is 11.0. The Kier molecular flexibility index (Phi) is 5.69. The zero-order valence-corrected chi connectivity index (χ0v) is 13.1. The minimum atomic E-state index is 0.175. The number of thioether (sulfide) groups is 1. The highest BCUT2D eigenvalue weighted by Crippen LogP contribution is 2.28. The highest BCUT2D eigenvalue weighted by atomic mass is 32.2. The molecule has 0 atom stereocenters. The second kappa shape index (κ2) is 7.74. The molecule has 0 aliphatic carbocycles. The molecule has 110 valence electrons. The van der Waals surface area contributed by atoms with E-state index in [4.69, 9.17) is 4.74 Å². The molecule has 3 nitrogen and oxygen atoms in total. The Morgan fingerprint density at radius 1 is 1.24 bits per heavy atom. The maximum Gasteiger partial charge on any atom is 0.128 e. The summed E-state index contributed by atoms with van der Waals surface area (Å²) in [7, 11) is 0. The van der Waals surface area contributed by atoms with Crippen molar-refractivity contribution >= 4 is 23.7 Å². The van der Waals surface area contributed by atoms with E-state index in [9.17, 15) is 5.11 Å². The Labute approximate surface area is 129 Å². The van der Waals surface area contributed by atoms with Gasteiger partial charge in [-0.1, -0.05) is 19.1 Å². The first-order valence-electron chi connectivity index (χ1n) is 6.87. The van der Waals surface area contributed by atoms with Gasteiger partial charge in [0.2, 0.25) is 0 Å². The zero-order valence-electron chi connectivity index (χ0n) is 12.2. The van der Waals surface area contributed by atoms with Crippen molar-refractivity contribution in [3.05, 3.63) is 48.0 Å². The van der Waals surface area contributed by atoms with E-state index in [-0.39, 0.29) is 5.75 Å². The van der Waals surface area contributed by atoms with Crippen LogP contribution in [0.25, 0.3) is 0 Å². The monoisotopic (exact) mass is 301 g/mol. The van der Waals surface area contributed by atoms with E-state index >= 15 is 0 Å². The van der Waals surface area contributed by atoms with Gasteiger partial charge in [-0.05, 0) is 36.9 Å². The molecule has 0 aromatic heterocycles. The lowest BCUT2D eigenvalue weighted by Crippen LogP contribution is -1.95. The maximum absolute atomic E-state index is 10.0. The Bertz CT molecular complexity index is 626. The summed E-state index contributed by atoms with van der Waals surface area (Å²) in [5.41, 5.74) is 1.57. The number of rotatable bonds is 6. The van der Waals surface area contributed by atoms with Gasteiger partial charge in [-0.15, -0.1) is 11.8 Å². The molecule has 2 rings (SSSR count). The van der Waals surface area contributed by atoms with E-state index in [1.165, 1.54) is 0 Å². The summed E-state index contributed by atoms with van der Waals surface area (Å²) < 4.78 is 5.48. The number of ether oxygens (including phenoxy) is 1. The van der Waals surface area contributed by atoms with E-state index in [0.29, 0.717) is 17.9 Å². The van der Waals surface area contributed by atoms with Gasteiger partial charge in [0, 0.05) is 22.7 Å². The van der Waals surface area contributed by atoms with Crippen molar-refractivity contribution in [1.82, 2.24) is 0 Å². The van der Waals surface area contributed by atoms with Crippen LogP contribution in [0.2, 0.25) is 0 Å². The molecule has 2 aromatic carbocycles. The Balaban J connectivity index is 2.17. The fourth-order valence-electron chi connectivity index (χ4n) is 1.82. The average molecular weight is 301 g/mol. The van der Waals surface area contributed by atoms with Gasteiger partial charge < -0.3 is 9.84 Å². The number of hydrogen-bond donors (Lipinski definition) is 1. The first kappa shape index (κ1) is 15.4. The van der Waals surface area contributed by atoms with E-state index < -0.39 is 0 Å². The van der Waals surface area contributed by atoms with Crippen LogP contribution in [0.3, 0.4) is 0 Å². The van der Waals surface area contributed by atoms with Crippen LogP contribution in [0, 0.1) is 0 Å². The van der Waals surface area contributed by atoms with Gasteiger partial charge >= 0.3 is 0 Å². The summed E-state index contributed by atoms with van der Waals surface area (Å²) >= 11 is 1.65. The topological polar surface area (TPSA) is 41.8 Å². The van der Waals surface area contributed by atoms with Gasteiger partial charge in [-0.2, -0.15) is 0 Å². The van der Waals surface area contributed by atoms with Crippen LogP contribution in [0.4, 0.5) is 5.69 Å². The molecule has 21 heavy (non-hydrogen) atoms. The predicted molar refractivity (Wildman–Crippen MR) is 89.4 cm³/mol. The quantitative estimate of drug-likeness (QED) is 0.623. The molecule has 0 aliphatic rings. The Morgan fingerprint density at radius 2 is 2.05 bits per heavy atom. The molecule has 0 fully saturated rings. The molecule has 0 unspecified atom stereocenters. The molecular weight excluding hydrogens is 282 g/mol. The molecule has 0 bridgehead atoms. The number of hydrogen-bond acceptors (Lipinski definition) is 4. The number of aliphatic imine (C=N–C) groups is 1. The van der Waals surface area contributed by atoms with Gasteiger partial charge in [-0.3, -0.25) is 4.99 Å². The van der Waals surface area contributed by atoms with Crippen molar-refractivity contribution in [3.63, 3.8) is 0 Å².